The van der Waals surface area contributed by atoms with Crippen LogP contribution < -0.4 is 9.62 Å². The zero-order chi connectivity index (χ0) is 21.0. The van der Waals surface area contributed by atoms with Crippen molar-refractivity contribution in [3.05, 3.63) is 89.7 Å². The van der Waals surface area contributed by atoms with Crippen LogP contribution in [0.5, 0.6) is 0 Å². The van der Waals surface area contributed by atoms with Crippen molar-refractivity contribution in [2.75, 3.05) is 16.2 Å². The number of carbonyl (C=O) groups is 1. The molecule has 1 N–H and O–H groups in total. The summed E-state index contributed by atoms with van der Waals surface area (Å²) in [6.45, 7) is 3.20. The van der Waals surface area contributed by atoms with E-state index >= 15 is 0 Å². The Morgan fingerprint density at radius 1 is 0.931 bits per heavy atom. The minimum Gasteiger partial charge on any atom is -0.322 e. The predicted molar refractivity (Wildman–Crippen MR) is 112 cm³/mol. The number of hydrogen-bond donors (Lipinski definition) is 1. The molecule has 0 aliphatic heterocycles. The molecule has 0 aromatic heterocycles. The molecule has 0 saturated carbocycles. The predicted octanol–water partition coefficient (Wildman–Crippen LogP) is 4.28. The Kier molecular flexibility index (Phi) is 5.98. The molecule has 0 aliphatic carbocycles. The maximum absolute atomic E-state index is 13.9. The number of carbonyl (C=O) groups excluding carboxylic acids is 1. The molecule has 1 amide bonds. The maximum Gasteiger partial charge on any atom is 0.264 e. The van der Waals surface area contributed by atoms with Crippen molar-refractivity contribution in [3.63, 3.8) is 0 Å². The summed E-state index contributed by atoms with van der Waals surface area (Å²) < 4.78 is 41.4. The van der Waals surface area contributed by atoms with Gasteiger partial charge in [0.1, 0.15) is 12.4 Å². The van der Waals surface area contributed by atoms with Crippen molar-refractivity contribution >= 4 is 27.3 Å². The van der Waals surface area contributed by atoms with Gasteiger partial charge in [-0.1, -0.05) is 42.0 Å². The van der Waals surface area contributed by atoms with Gasteiger partial charge in [-0.3, -0.25) is 9.10 Å². The van der Waals surface area contributed by atoms with Gasteiger partial charge in [-0.15, -0.1) is 0 Å². The summed E-state index contributed by atoms with van der Waals surface area (Å²) >= 11 is 0. The third-order valence-electron chi connectivity index (χ3n) is 4.33. The molecule has 5 nitrogen and oxygen atoms in total. The minimum atomic E-state index is -4.01. The number of rotatable bonds is 6. The van der Waals surface area contributed by atoms with Gasteiger partial charge in [0.25, 0.3) is 10.0 Å². The molecule has 0 heterocycles. The second-order valence-electron chi connectivity index (χ2n) is 6.69. The SMILES string of the molecule is Cc1ccc(S(=O)(=O)N(CC(=O)Nc2ccccc2F)c2cccc(C)c2)cc1. The number of para-hydroxylation sites is 1. The molecule has 29 heavy (non-hydrogen) atoms. The molecule has 3 aromatic rings. The molecular weight excluding hydrogens is 391 g/mol. The number of sulfonamides is 1. The molecular formula is C22H21FN2O3S. The van der Waals surface area contributed by atoms with Gasteiger partial charge in [-0.25, -0.2) is 12.8 Å². The Morgan fingerprint density at radius 3 is 2.28 bits per heavy atom. The molecule has 0 atom stereocenters. The zero-order valence-corrected chi connectivity index (χ0v) is 16.9. The van der Waals surface area contributed by atoms with Crippen LogP contribution in [0.15, 0.2) is 77.7 Å². The van der Waals surface area contributed by atoms with E-state index < -0.39 is 28.3 Å². The van der Waals surface area contributed by atoms with Crippen LogP contribution in [-0.4, -0.2) is 20.9 Å². The van der Waals surface area contributed by atoms with Gasteiger partial charge in [0.05, 0.1) is 16.3 Å². The quantitative estimate of drug-likeness (QED) is 0.657. The fraction of sp³-hybridized carbons (Fsp3) is 0.136. The van der Waals surface area contributed by atoms with E-state index in [-0.39, 0.29) is 10.6 Å². The fourth-order valence-corrected chi connectivity index (χ4v) is 4.23. The maximum atomic E-state index is 13.9. The highest BCUT2D eigenvalue weighted by Crippen LogP contribution is 2.25. The van der Waals surface area contributed by atoms with Crippen LogP contribution in [0.1, 0.15) is 11.1 Å². The highest BCUT2D eigenvalue weighted by Gasteiger charge is 2.27. The molecule has 0 saturated heterocycles. The van der Waals surface area contributed by atoms with E-state index in [0.29, 0.717) is 5.69 Å². The first-order valence-corrected chi connectivity index (χ1v) is 10.4. The van der Waals surface area contributed by atoms with E-state index in [4.69, 9.17) is 0 Å². The summed E-state index contributed by atoms with van der Waals surface area (Å²) in [5.74, 6) is -1.24. The average Bonchev–Trinajstić information content (AvgIpc) is 2.68. The smallest absolute Gasteiger partial charge is 0.264 e. The molecule has 0 radical (unpaired) electrons. The Bertz CT molecular complexity index is 1130. The van der Waals surface area contributed by atoms with E-state index in [0.717, 1.165) is 15.4 Å². The van der Waals surface area contributed by atoms with Crippen molar-refractivity contribution in [1.82, 2.24) is 0 Å². The van der Waals surface area contributed by atoms with Gasteiger partial charge in [0.15, 0.2) is 0 Å². The lowest BCUT2D eigenvalue weighted by Crippen LogP contribution is -2.38. The number of anilines is 2. The number of hydrogen-bond acceptors (Lipinski definition) is 3. The van der Waals surface area contributed by atoms with Crippen molar-refractivity contribution in [2.45, 2.75) is 18.7 Å². The number of benzene rings is 3. The minimum absolute atomic E-state index is 0.00516. The van der Waals surface area contributed by atoms with Crippen LogP contribution in [0.3, 0.4) is 0 Å². The molecule has 0 fully saturated rings. The number of nitrogens with one attached hydrogen (secondary N) is 1. The lowest BCUT2D eigenvalue weighted by molar-refractivity contribution is -0.114. The van der Waals surface area contributed by atoms with Gasteiger partial charge < -0.3 is 5.32 Å². The molecule has 3 rings (SSSR count). The lowest BCUT2D eigenvalue weighted by atomic mass is 10.2. The first-order chi connectivity index (χ1) is 13.8. The third kappa shape index (κ3) is 4.81. The van der Waals surface area contributed by atoms with E-state index in [2.05, 4.69) is 5.32 Å². The Labute approximate surface area is 169 Å². The number of nitrogens with zero attached hydrogens (tertiary/aromatic N) is 1. The van der Waals surface area contributed by atoms with Crippen LogP contribution >= 0.6 is 0 Å². The summed E-state index contributed by atoms with van der Waals surface area (Å²) in [6, 6.07) is 19.0. The summed E-state index contributed by atoms with van der Waals surface area (Å²) in [4.78, 5) is 12.7. The molecule has 7 heteroatoms. The van der Waals surface area contributed by atoms with Crippen molar-refractivity contribution < 1.29 is 17.6 Å². The van der Waals surface area contributed by atoms with Gasteiger partial charge in [-0.05, 0) is 55.8 Å². The number of amides is 1. The van der Waals surface area contributed by atoms with Crippen LogP contribution in [0.4, 0.5) is 15.8 Å². The Morgan fingerprint density at radius 2 is 1.62 bits per heavy atom. The molecule has 0 bridgehead atoms. The fourth-order valence-electron chi connectivity index (χ4n) is 2.82. The third-order valence-corrected chi connectivity index (χ3v) is 6.12. The van der Waals surface area contributed by atoms with E-state index in [1.54, 1.807) is 36.4 Å². The molecule has 0 unspecified atom stereocenters. The molecule has 0 aliphatic rings. The molecule has 150 valence electrons. The number of aryl methyl sites for hydroxylation is 2. The van der Waals surface area contributed by atoms with E-state index in [1.165, 1.54) is 30.3 Å². The van der Waals surface area contributed by atoms with Crippen molar-refractivity contribution in [2.24, 2.45) is 0 Å². The highest BCUT2D eigenvalue weighted by molar-refractivity contribution is 7.92. The largest absolute Gasteiger partial charge is 0.322 e. The topological polar surface area (TPSA) is 66.5 Å². The molecule has 3 aromatic carbocycles. The van der Waals surface area contributed by atoms with Gasteiger partial charge in [0.2, 0.25) is 5.91 Å². The van der Waals surface area contributed by atoms with Crippen LogP contribution in [0.25, 0.3) is 0 Å². The number of halogens is 1. The summed E-state index contributed by atoms with van der Waals surface area (Å²) in [5, 5.41) is 2.44. The molecule has 0 spiro atoms. The summed E-state index contributed by atoms with van der Waals surface area (Å²) in [6.07, 6.45) is 0. The van der Waals surface area contributed by atoms with Gasteiger partial charge >= 0.3 is 0 Å². The van der Waals surface area contributed by atoms with Gasteiger partial charge in [-0.2, -0.15) is 0 Å². The van der Waals surface area contributed by atoms with Crippen LogP contribution in [0, 0.1) is 19.7 Å². The zero-order valence-electron chi connectivity index (χ0n) is 16.1. The van der Waals surface area contributed by atoms with Crippen molar-refractivity contribution in [3.8, 4) is 0 Å². The first kappa shape index (κ1) is 20.5. The first-order valence-electron chi connectivity index (χ1n) is 8.98. The standard InChI is InChI=1S/C22H21FN2O3S/c1-16-10-12-19(13-11-16)29(27,28)25(18-7-5-6-17(2)14-18)15-22(26)24-21-9-4-3-8-20(21)23/h3-14H,15H2,1-2H3,(H,24,26). The van der Waals surface area contributed by atoms with Gasteiger partial charge in [0, 0.05) is 0 Å². The van der Waals surface area contributed by atoms with E-state index in [1.807, 2.05) is 19.9 Å². The second-order valence-corrected chi connectivity index (χ2v) is 8.55. The lowest BCUT2D eigenvalue weighted by Gasteiger charge is -2.24. The van der Waals surface area contributed by atoms with E-state index in [9.17, 15) is 17.6 Å². The monoisotopic (exact) mass is 412 g/mol. The van der Waals surface area contributed by atoms with Crippen LogP contribution in [0.2, 0.25) is 0 Å². The van der Waals surface area contributed by atoms with Crippen LogP contribution in [-0.2, 0) is 14.8 Å². The van der Waals surface area contributed by atoms with Crippen molar-refractivity contribution in [1.29, 1.82) is 0 Å². The Hall–Kier alpha value is -3.19. The summed E-state index contributed by atoms with van der Waals surface area (Å²) in [5.41, 5.74) is 2.12. The summed E-state index contributed by atoms with van der Waals surface area (Å²) in [7, 11) is -4.01. The highest BCUT2D eigenvalue weighted by atomic mass is 32.2. The normalized spacial score (nSPS) is 11.1. The second kappa shape index (κ2) is 8.45. The Balaban J connectivity index is 1.96. The average molecular weight is 412 g/mol.